The molecule has 14 heavy (non-hydrogen) atoms. The van der Waals surface area contributed by atoms with E-state index < -0.39 is 5.60 Å². The summed E-state index contributed by atoms with van der Waals surface area (Å²) in [5.74, 6) is 1.34. The number of hydrogen-bond acceptors (Lipinski definition) is 2. The lowest BCUT2D eigenvalue weighted by Gasteiger charge is -2.49. The first-order valence-electron chi connectivity index (χ1n) is 5.94. The molecule has 2 unspecified atom stereocenters. The summed E-state index contributed by atoms with van der Waals surface area (Å²) >= 11 is 0. The molecule has 2 saturated carbocycles. The molecule has 2 rings (SSSR count). The van der Waals surface area contributed by atoms with E-state index in [0.717, 1.165) is 32.1 Å². The number of rotatable bonds is 1. The molecule has 82 valence electrons. The zero-order valence-electron chi connectivity index (χ0n) is 9.42. The van der Waals surface area contributed by atoms with E-state index in [1.165, 1.54) is 6.42 Å². The topological polar surface area (TPSA) is 46.2 Å². The highest BCUT2D eigenvalue weighted by Crippen LogP contribution is 2.47. The molecule has 2 fully saturated rings. The zero-order valence-corrected chi connectivity index (χ0v) is 9.42. The fourth-order valence-electron chi connectivity index (χ4n) is 3.80. The van der Waals surface area contributed by atoms with E-state index in [0.29, 0.717) is 11.8 Å². The Kier molecular flexibility index (Phi) is 2.39. The Morgan fingerprint density at radius 2 is 1.71 bits per heavy atom. The first-order chi connectivity index (χ1) is 6.42. The second kappa shape index (κ2) is 3.21. The van der Waals surface area contributed by atoms with Gasteiger partial charge in [0.15, 0.2) is 0 Å². The van der Waals surface area contributed by atoms with Crippen molar-refractivity contribution < 1.29 is 5.11 Å². The Bertz CT molecular complexity index is 208. The van der Waals surface area contributed by atoms with Crippen molar-refractivity contribution in [2.45, 2.75) is 63.5 Å². The summed E-state index contributed by atoms with van der Waals surface area (Å²) in [6, 6.07) is 0. The van der Waals surface area contributed by atoms with Crippen molar-refractivity contribution in [1.29, 1.82) is 0 Å². The fourth-order valence-corrected chi connectivity index (χ4v) is 3.80. The second-order valence-electron chi connectivity index (χ2n) is 6.00. The third-order valence-electron chi connectivity index (χ3n) is 4.22. The smallest absolute Gasteiger partial charge is 0.0625 e. The molecule has 2 aliphatic rings. The molecule has 2 nitrogen and oxygen atoms in total. The van der Waals surface area contributed by atoms with Crippen LogP contribution >= 0.6 is 0 Å². The summed E-state index contributed by atoms with van der Waals surface area (Å²) in [6.45, 7) is 4.18. The summed E-state index contributed by atoms with van der Waals surface area (Å²) in [5, 5.41) is 10.1. The minimum Gasteiger partial charge on any atom is -0.390 e. The van der Waals surface area contributed by atoms with Gasteiger partial charge in [-0.1, -0.05) is 6.92 Å². The number of aliphatic hydroxyl groups is 1. The van der Waals surface area contributed by atoms with E-state index in [-0.39, 0.29) is 5.54 Å². The molecule has 0 saturated heterocycles. The van der Waals surface area contributed by atoms with E-state index in [2.05, 4.69) is 6.92 Å². The molecule has 0 aromatic carbocycles. The molecular formula is C12H23NO. The Hall–Kier alpha value is -0.0800. The molecule has 0 heterocycles. The monoisotopic (exact) mass is 197 g/mol. The number of fused-ring (bicyclic) bond motifs is 2. The van der Waals surface area contributed by atoms with Gasteiger partial charge in [0.05, 0.1) is 5.60 Å². The quantitative estimate of drug-likeness (QED) is 0.676. The predicted octanol–water partition coefficient (Wildman–Crippen LogP) is 2.06. The lowest BCUT2D eigenvalue weighted by atomic mass is 9.60. The van der Waals surface area contributed by atoms with Crippen molar-refractivity contribution in [2.24, 2.45) is 17.6 Å². The molecule has 2 atom stereocenters. The molecule has 0 amide bonds. The third-order valence-corrected chi connectivity index (χ3v) is 4.22. The second-order valence-corrected chi connectivity index (χ2v) is 6.00. The largest absolute Gasteiger partial charge is 0.390 e. The van der Waals surface area contributed by atoms with Crippen LogP contribution in [0.5, 0.6) is 0 Å². The van der Waals surface area contributed by atoms with E-state index in [1.807, 2.05) is 6.92 Å². The third kappa shape index (κ3) is 1.96. The summed E-state index contributed by atoms with van der Waals surface area (Å²) in [7, 11) is 0. The van der Waals surface area contributed by atoms with Crippen LogP contribution in [0.15, 0.2) is 0 Å². The van der Waals surface area contributed by atoms with E-state index in [9.17, 15) is 5.11 Å². The minimum atomic E-state index is -0.414. The van der Waals surface area contributed by atoms with Gasteiger partial charge in [0.1, 0.15) is 0 Å². The molecule has 2 aliphatic carbocycles. The van der Waals surface area contributed by atoms with Crippen LogP contribution in [0.25, 0.3) is 0 Å². The van der Waals surface area contributed by atoms with Crippen LogP contribution in [0.1, 0.15) is 52.4 Å². The Balaban J connectivity index is 2.09. The van der Waals surface area contributed by atoms with Crippen molar-refractivity contribution in [3.8, 4) is 0 Å². The first kappa shape index (κ1) is 10.4. The van der Waals surface area contributed by atoms with Crippen molar-refractivity contribution in [3.63, 3.8) is 0 Å². The first-order valence-corrected chi connectivity index (χ1v) is 5.94. The van der Waals surface area contributed by atoms with Crippen molar-refractivity contribution in [1.82, 2.24) is 0 Å². The lowest BCUT2D eigenvalue weighted by Crippen LogP contribution is -2.51. The Morgan fingerprint density at radius 1 is 1.21 bits per heavy atom. The average Bonchev–Trinajstić information content (AvgIpc) is 1.99. The fraction of sp³-hybridized carbons (Fsp3) is 1.00. The van der Waals surface area contributed by atoms with Crippen molar-refractivity contribution in [2.75, 3.05) is 0 Å². The SMILES string of the molecule is CCC1(N)CC2CC(CC(C)(O)C2)C1. The normalized spacial score (nSPS) is 53.1. The molecule has 0 aromatic heterocycles. The standard InChI is InChI=1S/C12H23NO/c1-3-12(13)7-9-4-10(8-12)6-11(2,14)5-9/h9-10,14H,3-8,13H2,1-2H3. The molecule has 0 radical (unpaired) electrons. The summed E-state index contributed by atoms with van der Waals surface area (Å²) in [6.07, 6.45) is 6.55. The van der Waals surface area contributed by atoms with Gasteiger partial charge in [-0.25, -0.2) is 0 Å². The maximum atomic E-state index is 10.1. The lowest BCUT2D eigenvalue weighted by molar-refractivity contribution is -0.0523. The molecule has 0 aliphatic heterocycles. The van der Waals surface area contributed by atoms with E-state index in [4.69, 9.17) is 5.73 Å². The van der Waals surface area contributed by atoms with Gasteiger partial charge in [-0.2, -0.15) is 0 Å². The van der Waals surface area contributed by atoms with Crippen LogP contribution < -0.4 is 5.73 Å². The maximum Gasteiger partial charge on any atom is 0.0625 e. The van der Waals surface area contributed by atoms with Crippen LogP contribution in [0.4, 0.5) is 0 Å². The molecule has 2 heteroatoms. The van der Waals surface area contributed by atoms with Crippen LogP contribution in [-0.4, -0.2) is 16.2 Å². The average molecular weight is 197 g/mol. The van der Waals surface area contributed by atoms with Gasteiger partial charge in [0.25, 0.3) is 0 Å². The maximum absolute atomic E-state index is 10.1. The summed E-state index contributed by atoms with van der Waals surface area (Å²) in [4.78, 5) is 0. The number of hydrogen-bond donors (Lipinski definition) is 2. The van der Waals surface area contributed by atoms with E-state index >= 15 is 0 Å². The summed E-state index contributed by atoms with van der Waals surface area (Å²) < 4.78 is 0. The van der Waals surface area contributed by atoms with Crippen LogP contribution in [0, 0.1) is 11.8 Å². The molecule has 0 aromatic rings. The van der Waals surface area contributed by atoms with Crippen LogP contribution in [-0.2, 0) is 0 Å². The van der Waals surface area contributed by atoms with Gasteiger partial charge < -0.3 is 10.8 Å². The van der Waals surface area contributed by atoms with Crippen molar-refractivity contribution in [3.05, 3.63) is 0 Å². The zero-order chi connectivity index (χ0) is 10.4. The summed E-state index contributed by atoms with van der Waals surface area (Å²) in [5.41, 5.74) is 6.02. The van der Waals surface area contributed by atoms with Gasteiger partial charge in [-0.05, 0) is 57.3 Å². The van der Waals surface area contributed by atoms with Gasteiger partial charge in [-0.15, -0.1) is 0 Å². The highest BCUT2D eigenvalue weighted by molar-refractivity contribution is 4.99. The number of nitrogens with two attached hydrogens (primary N) is 1. The van der Waals surface area contributed by atoms with Gasteiger partial charge in [0, 0.05) is 5.54 Å². The van der Waals surface area contributed by atoms with E-state index in [1.54, 1.807) is 0 Å². The molecule has 0 spiro atoms. The Morgan fingerprint density at radius 3 is 2.14 bits per heavy atom. The van der Waals surface area contributed by atoms with Crippen LogP contribution in [0.3, 0.4) is 0 Å². The van der Waals surface area contributed by atoms with Crippen LogP contribution in [0.2, 0.25) is 0 Å². The van der Waals surface area contributed by atoms with Gasteiger partial charge >= 0.3 is 0 Å². The predicted molar refractivity (Wildman–Crippen MR) is 57.9 cm³/mol. The highest BCUT2D eigenvalue weighted by atomic mass is 16.3. The van der Waals surface area contributed by atoms with Crippen molar-refractivity contribution >= 4 is 0 Å². The molecule has 2 bridgehead atoms. The molecular weight excluding hydrogens is 174 g/mol. The minimum absolute atomic E-state index is 0.0735. The molecule has 3 N–H and O–H groups in total. The van der Waals surface area contributed by atoms with Gasteiger partial charge in [0.2, 0.25) is 0 Å². The van der Waals surface area contributed by atoms with Gasteiger partial charge in [-0.3, -0.25) is 0 Å². The Labute approximate surface area is 86.9 Å². The highest BCUT2D eigenvalue weighted by Gasteiger charge is 2.44.